The molecule has 2 bridgehead atoms. The number of nitrogens with zero attached hydrogens (tertiary/aromatic N) is 1. The minimum atomic E-state index is -0.807. The summed E-state index contributed by atoms with van der Waals surface area (Å²) < 4.78 is 5.72. The predicted molar refractivity (Wildman–Crippen MR) is 129 cm³/mol. The molecule has 2 saturated carbocycles. The van der Waals surface area contributed by atoms with Crippen molar-refractivity contribution in [3.05, 3.63) is 59.7 Å². The number of benzene rings is 2. The van der Waals surface area contributed by atoms with E-state index in [1.54, 1.807) is 4.90 Å². The number of rotatable bonds is 5. The van der Waals surface area contributed by atoms with Gasteiger partial charge in [-0.2, -0.15) is 0 Å². The molecule has 7 heteroatoms. The quantitative estimate of drug-likeness (QED) is 0.683. The summed E-state index contributed by atoms with van der Waals surface area (Å²) in [6, 6.07) is 16.0. The molecule has 2 heterocycles. The second kappa shape index (κ2) is 8.70. The highest BCUT2D eigenvalue weighted by molar-refractivity contribution is 5.84. The van der Waals surface area contributed by atoms with Gasteiger partial charge in [0.15, 0.2) is 0 Å². The topological polar surface area (TPSA) is 95.9 Å². The van der Waals surface area contributed by atoms with Crippen molar-refractivity contribution in [2.24, 2.45) is 17.8 Å². The van der Waals surface area contributed by atoms with Crippen molar-refractivity contribution in [1.82, 2.24) is 10.2 Å². The van der Waals surface area contributed by atoms with Gasteiger partial charge in [-0.05, 0) is 47.4 Å². The molecule has 182 valence electrons. The molecule has 35 heavy (non-hydrogen) atoms. The molecule has 0 spiro atoms. The van der Waals surface area contributed by atoms with Crippen LogP contribution < -0.4 is 5.32 Å². The molecule has 0 aromatic heterocycles. The number of fused-ring (bicyclic) bond motifs is 4. The van der Waals surface area contributed by atoms with E-state index in [1.807, 2.05) is 24.3 Å². The number of nitrogens with one attached hydrogen (secondary N) is 1. The lowest BCUT2D eigenvalue weighted by Crippen LogP contribution is -2.52. The second-order valence-corrected chi connectivity index (χ2v) is 10.4. The van der Waals surface area contributed by atoms with E-state index in [9.17, 15) is 19.5 Å². The molecule has 7 nitrogen and oxygen atoms in total. The van der Waals surface area contributed by atoms with Crippen LogP contribution in [0.1, 0.15) is 49.1 Å². The molecule has 4 fully saturated rings. The lowest BCUT2D eigenvalue weighted by atomic mass is 9.74. The fourth-order valence-electron chi connectivity index (χ4n) is 6.84. The first-order valence-corrected chi connectivity index (χ1v) is 12.7. The van der Waals surface area contributed by atoms with Gasteiger partial charge in [-0.15, -0.1) is 0 Å². The summed E-state index contributed by atoms with van der Waals surface area (Å²) in [7, 11) is 0. The van der Waals surface area contributed by atoms with Crippen LogP contribution in [0.25, 0.3) is 11.1 Å². The Morgan fingerprint density at radius 2 is 1.63 bits per heavy atom. The number of aliphatic carboxylic acids is 1. The van der Waals surface area contributed by atoms with Crippen molar-refractivity contribution in [3.8, 4) is 11.1 Å². The highest BCUT2D eigenvalue weighted by Gasteiger charge is 2.58. The molecule has 0 radical (unpaired) electrons. The standard InChI is InChI=1S/C28H30N2O5/c31-26(30-14-16-13-24(30)25(16)27(32)33)21-11-5-6-12-23(21)29-28(34)35-15-22-19-9-3-1-7-17(19)18-8-2-4-10-20(18)22/h1-4,7-10,16,21-25H,5-6,11-15H2,(H,29,34)(H,32,33)/t16?,21-,23+,24?,25?/m1/s1. The number of carbonyl (C=O) groups excluding carboxylic acids is 2. The van der Waals surface area contributed by atoms with Crippen molar-refractivity contribution >= 4 is 18.0 Å². The second-order valence-electron chi connectivity index (χ2n) is 10.4. The van der Waals surface area contributed by atoms with Gasteiger partial charge >= 0.3 is 12.1 Å². The van der Waals surface area contributed by atoms with Crippen LogP contribution in [0.2, 0.25) is 0 Å². The van der Waals surface area contributed by atoms with Gasteiger partial charge < -0.3 is 20.1 Å². The fourth-order valence-corrected chi connectivity index (χ4v) is 6.84. The molecule has 2 aromatic rings. The number of carboxylic acid groups (broad SMARTS) is 1. The number of alkyl carbamates (subject to hydrolysis) is 1. The van der Waals surface area contributed by atoms with Crippen molar-refractivity contribution < 1.29 is 24.2 Å². The normalized spacial score (nSPS) is 28.6. The highest BCUT2D eigenvalue weighted by atomic mass is 16.5. The number of ether oxygens (including phenoxy) is 1. The summed E-state index contributed by atoms with van der Waals surface area (Å²) in [4.78, 5) is 39.5. The van der Waals surface area contributed by atoms with Gasteiger partial charge in [0.25, 0.3) is 0 Å². The maximum atomic E-state index is 13.4. The summed E-state index contributed by atoms with van der Waals surface area (Å²) in [5.74, 6) is -1.52. The van der Waals surface area contributed by atoms with Crippen LogP contribution in [0.3, 0.4) is 0 Å². The van der Waals surface area contributed by atoms with Crippen LogP contribution >= 0.6 is 0 Å². The molecule has 3 aliphatic carbocycles. The van der Waals surface area contributed by atoms with Crippen molar-refractivity contribution in [3.63, 3.8) is 0 Å². The highest BCUT2D eigenvalue weighted by Crippen LogP contribution is 2.48. The largest absolute Gasteiger partial charge is 0.481 e. The van der Waals surface area contributed by atoms with Crippen LogP contribution in [0.4, 0.5) is 4.79 Å². The smallest absolute Gasteiger partial charge is 0.407 e. The molecule has 5 atom stereocenters. The van der Waals surface area contributed by atoms with Crippen LogP contribution in [0, 0.1) is 17.8 Å². The molecule has 2 amide bonds. The zero-order chi connectivity index (χ0) is 24.1. The average Bonchev–Trinajstić information content (AvgIpc) is 3.53. The van der Waals surface area contributed by atoms with E-state index in [0.717, 1.165) is 36.8 Å². The first-order chi connectivity index (χ1) is 17.0. The third kappa shape index (κ3) is 3.68. The Hall–Kier alpha value is -3.35. The van der Waals surface area contributed by atoms with Crippen LogP contribution in [0.5, 0.6) is 0 Å². The SMILES string of the molecule is O=C(N[C@H]1CCCC[C@H]1C(=O)N1CC2CC1C2C(=O)O)OCC1c2ccccc2-c2ccccc21. The van der Waals surface area contributed by atoms with E-state index < -0.39 is 18.0 Å². The van der Waals surface area contributed by atoms with E-state index >= 15 is 0 Å². The van der Waals surface area contributed by atoms with Gasteiger partial charge in [0.1, 0.15) is 6.61 Å². The minimum absolute atomic E-state index is 0.00935. The van der Waals surface area contributed by atoms with Gasteiger partial charge in [0.2, 0.25) is 5.91 Å². The lowest BCUT2D eigenvalue weighted by Gasteiger charge is -2.37. The first kappa shape index (κ1) is 22.1. The first-order valence-electron chi connectivity index (χ1n) is 12.7. The zero-order valence-corrected chi connectivity index (χ0v) is 19.6. The van der Waals surface area contributed by atoms with Gasteiger partial charge in [-0.25, -0.2) is 4.79 Å². The van der Waals surface area contributed by atoms with Crippen LogP contribution in [-0.2, 0) is 14.3 Å². The summed E-state index contributed by atoms with van der Waals surface area (Å²) >= 11 is 0. The Labute approximate surface area is 204 Å². The third-order valence-electron chi connectivity index (χ3n) is 8.60. The summed E-state index contributed by atoms with van der Waals surface area (Å²) in [6.07, 6.45) is 3.60. The molecular weight excluding hydrogens is 444 g/mol. The van der Waals surface area contributed by atoms with Gasteiger partial charge in [-0.1, -0.05) is 61.4 Å². The average molecular weight is 475 g/mol. The zero-order valence-electron chi connectivity index (χ0n) is 19.6. The third-order valence-corrected chi connectivity index (χ3v) is 8.60. The Kier molecular flexibility index (Phi) is 5.50. The number of amides is 2. The molecule has 2 saturated heterocycles. The number of hydrogen-bond donors (Lipinski definition) is 2. The summed E-state index contributed by atoms with van der Waals surface area (Å²) in [5.41, 5.74) is 4.68. The minimum Gasteiger partial charge on any atom is -0.481 e. The van der Waals surface area contributed by atoms with Gasteiger partial charge in [0.05, 0.1) is 11.8 Å². The van der Waals surface area contributed by atoms with E-state index in [-0.39, 0.29) is 42.4 Å². The van der Waals surface area contributed by atoms with E-state index in [4.69, 9.17) is 4.74 Å². The molecule has 5 aliphatic rings. The number of carboxylic acids is 1. The lowest BCUT2D eigenvalue weighted by molar-refractivity contribution is -0.149. The Morgan fingerprint density at radius 1 is 0.971 bits per heavy atom. The van der Waals surface area contributed by atoms with E-state index in [2.05, 4.69) is 29.6 Å². The monoisotopic (exact) mass is 474 g/mol. The van der Waals surface area contributed by atoms with Crippen molar-refractivity contribution in [2.75, 3.05) is 13.2 Å². The molecule has 3 unspecified atom stereocenters. The van der Waals surface area contributed by atoms with Crippen molar-refractivity contribution in [1.29, 1.82) is 0 Å². The maximum absolute atomic E-state index is 13.4. The molecular formula is C28H30N2O5. The van der Waals surface area contributed by atoms with E-state index in [0.29, 0.717) is 13.0 Å². The Bertz CT molecular complexity index is 1130. The summed E-state index contributed by atoms with van der Waals surface area (Å²) in [6.45, 7) is 0.760. The fraction of sp³-hybridized carbons (Fsp3) is 0.464. The molecule has 7 rings (SSSR count). The molecule has 2 N–H and O–H groups in total. The number of hydrogen-bond acceptors (Lipinski definition) is 4. The van der Waals surface area contributed by atoms with Gasteiger partial charge in [0, 0.05) is 24.5 Å². The predicted octanol–water partition coefficient (Wildman–Crippen LogP) is 4.02. The summed E-state index contributed by atoms with van der Waals surface area (Å²) in [5, 5.41) is 12.4. The Morgan fingerprint density at radius 3 is 2.29 bits per heavy atom. The van der Waals surface area contributed by atoms with E-state index in [1.165, 1.54) is 11.1 Å². The molecule has 2 aliphatic heterocycles. The van der Waals surface area contributed by atoms with Crippen LogP contribution in [0.15, 0.2) is 48.5 Å². The van der Waals surface area contributed by atoms with Crippen LogP contribution in [-0.4, -0.2) is 53.2 Å². The van der Waals surface area contributed by atoms with Crippen molar-refractivity contribution in [2.45, 2.75) is 50.1 Å². The maximum Gasteiger partial charge on any atom is 0.407 e. The molecule has 2 aromatic carbocycles. The number of carbonyl (C=O) groups is 3. The van der Waals surface area contributed by atoms with Gasteiger partial charge in [-0.3, -0.25) is 9.59 Å². The Balaban J connectivity index is 1.11.